The van der Waals surface area contributed by atoms with E-state index in [4.69, 9.17) is 0 Å². The van der Waals surface area contributed by atoms with Gasteiger partial charge in [-0.2, -0.15) is 0 Å². The molecule has 1 atom stereocenters. The molecule has 0 saturated carbocycles. The summed E-state index contributed by atoms with van der Waals surface area (Å²) in [4.78, 5) is 2.07. The van der Waals surface area contributed by atoms with E-state index in [9.17, 15) is 10.2 Å². The number of hydrogen-bond acceptors (Lipinski definition) is 3. The molecule has 102 valence electrons. The highest BCUT2D eigenvalue weighted by molar-refractivity contribution is 5.23. The van der Waals surface area contributed by atoms with E-state index in [1.807, 2.05) is 52.1 Å². The first-order valence-corrected chi connectivity index (χ1v) is 6.43. The van der Waals surface area contributed by atoms with Gasteiger partial charge in [0.05, 0.1) is 12.7 Å². The molecule has 3 nitrogen and oxygen atoms in total. The van der Waals surface area contributed by atoms with Gasteiger partial charge in [0.25, 0.3) is 0 Å². The molecule has 0 aliphatic heterocycles. The Bertz CT molecular complexity index is 359. The summed E-state index contributed by atoms with van der Waals surface area (Å²) in [6.45, 7) is 6.89. The SMILES string of the molecule is Cc1ccc(C(O)CCN(C)C(C)(C)CO)cc1. The van der Waals surface area contributed by atoms with Crippen LogP contribution in [0.4, 0.5) is 0 Å². The second kappa shape index (κ2) is 6.32. The van der Waals surface area contributed by atoms with Gasteiger partial charge in [-0.05, 0) is 39.8 Å². The summed E-state index contributed by atoms with van der Waals surface area (Å²) in [5.41, 5.74) is 1.91. The molecule has 0 bridgehead atoms. The minimum atomic E-state index is -0.442. The van der Waals surface area contributed by atoms with E-state index in [1.54, 1.807) is 0 Å². The highest BCUT2D eigenvalue weighted by Gasteiger charge is 2.22. The maximum absolute atomic E-state index is 10.1. The predicted molar refractivity (Wildman–Crippen MR) is 74.6 cm³/mol. The number of aryl methyl sites for hydroxylation is 1. The molecule has 1 rings (SSSR count). The maximum Gasteiger partial charge on any atom is 0.0802 e. The lowest BCUT2D eigenvalue weighted by Gasteiger charge is -2.34. The number of hydrogen-bond donors (Lipinski definition) is 2. The Kier molecular flexibility index (Phi) is 5.32. The molecule has 1 unspecified atom stereocenters. The van der Waals surface area contributed by atoms with E-state index in [-0.39, 0.29) is 12.1 Å². The molecule has 0 spiro atoms. The first-order valence-electron chi connectivity index (χ1n) is 6.43. The van der Waals surface area contributed by atoms with Crippen LogP contribution in [-0.2, 0) is 0 Å². The zero-order valence-electron chi connectivity index (χ0n) is 11.8. The molecule has 0 amide bonds. The molecule has 1 aromatic rings. The van der Waals surface area contributed by atoms with Crippen LogP contribution in [0.3, 0.4) is 0 Å². The van der Waals surface area contributed by atoms with Crippen LogP contribution in [0.2, 0.25) is 0 Å². The average Bonchev–Trinajstić information content (AvgIpc) is 2.36. The molecular weight excluding hydrogens is 226 g/mol. The third kappa shape index (κ3) is 4.09. The second-order valence-corrected chi connectivity index (χ2v) is 5.61. The van der Waals surface area contributed by atoms with E-state index in [2.05, 4.69) is 4.90 Å². The summed E-state index contributed by atoms with van der Waals surface area (Å²) in [5, 5.41) is 19.4. The number of aliphatic hydroxyl groups excluding tert-OH is 2. The summed E-state index contributed by atoms with van der Waals surface area (Å²) < 4.78 is 0. The highest BCUT2D eigenvalue weighted by atomic mass is 16.3. The summed E-state index contributed by atoms with van der Waals surface area (Å²) in [6.07, 6.45) is 0.228. The van der Waals surface area contributed by atoms with Gasteiger partial charge in [-0.25, -0.2) is 0 Å². The molecule has 18 heavy (non-hydrogen) atoms. The molecule has 3 heteroatoms. The van der Waals surface area contributed by atoms with Gasteiger partial charge in [-0.15, -0.1) is 0 Å². The Hall–Kier alpha value is -0.900. The van der Waals surface area contributed by atoms with Crippen molar-refractivity contribution < 1.29 is 10.2 Å². The van der Waals surface area contributed by atoms with Crippen LogP contribution in [0.25, 0.3) is 0 Å². The average molecular weight is 251 g/mol. The molecule has 0 aliphatic carbocycles. The van der Waals surface area contributed by atoms with E-state index in [0.717, 1.165) is 12.1 Å². The van der Waals surface area contributed by atoms with Gasteiger partial charge in [0.15, 0.2) is 0 Å². The quantitative estimate of drug-likeness (QED) is 0.814. The Morgan fingerprint density at radius 3 is 2.28 bits per heavy atom. The third-order valence-electron chi connectivity index (χ3n) is 3.62. The van der Waals surface area contributed by atoms with Crippen LogP contribution in [0.1, 0.15) is 37.5 Å². The fourth-order valence-electron chi connectivity index (χ4n) is 1.69. The largest absolute Gasteiger partial charge is 0.394 e. The van der Waals surface area contributed by atoms with Crippen LogP contribution >= 0.6 is 0 Å². The van der Waals surface area contributed by atoms with E-state index < -0.39 is 6.10 Å². The van der Waals surface area contributed by atoms with Gasteiger partial charge in [-0.1, -0.05) is 29.8 Å². The van der Waals surface area contributed by atoms with Crippen LogP contribution < -0.4 is 0 Å². The summed E-state index contributed by atoms with van der Waals surface area (Å²) in [5.74, 6) is 0. The molecule has 0 saturated heterocycles. The van der Waals surface area contributed by atoms with E-state index >= 15 is 0 Å². The van der Waals surface area contributed by atoms with Crippen molar-refractivity contribution in [2.24, 2.45) is 0 Å². The van der Waals surface area contributed by atoms with Gasteiger partial charge in [0.1, 0.15) is 0 Å². The molecule has 0 heterocycles. The second-order valence-electron chi connectivity index (χ2n) is 5.61. The lowest BCUT2D eigenvalue weighted by atomic mass is 10.0. The molecule has 1 aromatic carbocycles. The van der Waals surface area contributed by atoms with E-state index in [0.29, 0.717) is 6.42 Å². The van der Waals surface area contributed by atoms with Crippen molar-refractivity contribution in [3.63, 3.8) is 0 Å². The molecule has 2 N–H and O–H groups in total. The number of nitrogens with zero attached hydrogens (tertiary/aromatic N) is 1. The maximum atomic E-state index is 10.1. The number of aliphatic hydroxyl groups is 2. The normalized spacial score (nSPS) is 13.9. The molecular formula is C15H25NO2. The lowest BCUT2D eigenvalue weighted by molar-refractivity contribution is 0.0619. The Morgan fingerprint density at radius 1 is 1.22 bits per heavy atom. The van der Waals surface area contributed by atoms with Crippen molar-refractivity contribution in [2.75, 3.05) is 20.2 Å². The molecule has 0 aromatic heterocycles. The number of likely N-dealkylation sites (N-methyl/N-ethyl adjacent to an activating group) is 1. The molecule has 0 aliphatic rings. The van der Waals surface area contributed by atoms with Crippen LogP contribution in [0.5, 0.6) is 0 Å². The molecule has 0 radical (unpaired) electrons. The van der Waals surface area contributed by atoms with Crippen LogP contribution in [0.15, 0.2) is 24.3 Å². The zero-order valence-corrected chi connectivity index (χ0v) is 11.8. The van der Waals surface area contributed by atoms with Crippen molar-refractivity contribution >= 4 is 0 Å². The monoisotopic (exact) mass is 251 g/mol. The summed E-state index contributed by atoms with van der Waals surface area (Å²) in [6, 6.07) is 7.97. The highest BCUT2D eigenvalue weighted by Crippen LogP contribution is 2.19. The number of rotatable bonds is 6. The van der Waals surface area contributed by atoms with E-state index in [1.165, 1.54) is 5.56 Å². The van der Waals surface area contributed by atoms with Crippen molar-refractivity contribution in [1.29, 1.82) is 0 Å². The topological polar surface area (TPSA) is 43.7 Å². The van der Waals surface area contributed by atoms with Gasteiger partial charge < -0.3 is 10.2 Å². The summed E-state index contributed by atoms with van der Waals surface area (Å²) >= 11 is 0. The summed E-state index contributed by atoms with van der Waals surface area (Å²) in [7, 11) is 1.97. The first kappa shape index (κ1) is 15.2. The Morgan fingerprint density at radius 2 is 1.78 bits per heavy atom. The Labute approximate surface area is 110 Å². The van der Waals surface area contributed by atoms with Gasteiger partial charge in [0.2, 0.25) is 0 Å². The fraction of sp³-hybridized carbons (Fsp3) is 0.600. The minimum Gasteiger partial charge on any atom is -0.394 e. The lowest BCUT2D eigenvalue weighted by Crippen LogP contribution is -2.44. The van der Waals surface area contributed by atoms with Crippen molar-refractivity contribution in [3.05, 3.63) is 35.4 Å². The fourth-order valence-corrected chi connectivity index (χ4v) is 1.69. The first-order chi connectivity index (χ1) is 8.36. The van der Waals surface area contributed by atoms with Crippen molar-refractivity contribution in [2.45, 2.75) is 38.8 Å². The zero-order chi connectivity index (χ0) is 13.8. The van der Waals surface area contributed by atoms with Crippen molar-refractivity contribution in [1.82, 2.24) is 4.90 Å². The number of benzene rings is 1. The van der Waals surface area contributed by atoms with Gasteiger partial charge >= 0.3 is 0 Å². The predicted octanol–water partition coefficient (Wildman–Crippen LogP) is 2.12. The molecule has 0 fully saturated rings. The third-order valence-corrected chi connectivity index (χ3v) is 3.62. The standard InChI is InChI=1S/C15H25NO2/c1-12-5-7-13(8-6-12)14(18)9-10-16(4)15(2,3)11-17/h5-8,14,17-18H,9-11H2,1-4H3. The van der Waals surface area contributed by atoms with Gasteiger partial charge in [-0.3, -0.25) is 4.90 Å². The van der Waals surface area contributed by atoms with Crippen LogP contribution in [0, 0.1) is 6.92 Å². The van der Waals surface area contributed by atoms with Gasteiger partial charge in [0, 0.05) is 12.1 Å². The van der Waals surface area contributed by atoms with Crippen molar-refractivity contribution in [3.8, 4) is 0 Å². The minimum absolute atomic E-state index is 0.115. The smallest absolute Gasteiger partial charge is 0.0802 e. The Balaban J connectivity index is 2.51. The van der Waals surface area contributed by atoms with Crippen LogP contribution in [-0.4, -0.2) is 40.9 Å².